The van der Waals surface area contributed by atoms with Crippen LogP contribution in [0.5, 0.6) is 0 Å². The fraction of sp³-hybridized carbons (Fsp3) is 0.438. The van der Waals surface area contributed by atoms with Gasteiger partial charge in [0.1, 0.15) is 0 Å². The van der Waals surface area contributed by atoms with Crippen molar-refractivity contribution in [1.29, 1.82) is 0 Å². The number of fused-ring (bicyclic) bond motifs is 1. The van der Waals surface area contributed by atoms with Gasteiger partial charge in [-0.05, 0) is 30.0 Å². The number of nitrogens with zero attached hydrogens (tertiary/aromatic N) is 1. The molecular weight excluding hydrogens is 222 g/mol. The Balaban J connectivity index is 2.30. The SMILES string of the molecule is CCC(CC)CC(O)c1cccc2ncccc12. The van der Waals surface area contributed by atoms with E-state index in [0.29, 0.717) is 5.92 Å². The van der Waals surface area contributed by atoms with E-state index in [1.807, 2.05) is 30.3 Å². The highest BCUT2D eigenvalue weighted by molar-refractivity contribution is 5.82. The van der Waals surface area contributed by atoms with Gasteiger partial charge in [0.25, 0.3) is 0 Å². The molecular formula is C16H21NO. The molecule has 2 rings (SSSR count). The molecule has 1 unspecified atom stereocenters. The standard InChI is InChI=1S/C16H21NO/c1-3-12(4-2)11-16(18)14-7-5-9-15-13(14)8-6-10-17-15/h5-10,12,16,18H,3-4,11H2,1-2H3. The highest BCUT2D eigenvalue weighted by Crippen LogP contribution is 2.29. The minimum Gasteiger partial charge on any atom is -0.388 e. The van der Waals surface area contributed by atoms with Crippen LogP contribution in [-0.2, 0) is 0 Å². The first kappa shape index (κ1) is 13.0. The van der Waals surface area contributed by atoms with Gasteiger partial charge < -0.3 is 5.11 Å². The van der Waals surface area contributed by atoms with Crippen LogP contribution < -0.4 is 0 Å². The molecule has 0 fully saturated rings. The predicted octanol–water partition coefficient (Wildman–Crippen LogP) is 4.09. The van der Waals surface area contributed by atoms with Gasteiger partial charge in [0.05, 0.1) is 11.6 Å². The van der Waals surface area contributed by atoms with Crippen LogP contribution in [0.2, 0.25) is 0 Å². The van der Waals surface area contributed by atoms with Gasteiger partial charge in [-0.1, -0.05) is 44.9 Å². The molecule has 0 aliphatic rings. The van der Waals surface area contributed by atoms with Crippen molar-refractivity contribution in [3.05, 3.63) is 42.1 Å². The van der Waals surface area contributed by atoms with Gasteiger partial charge in [-0.3, -0.25) is 4.98 Å². The molecule has 1 aromatic carbocycles. The molecule has 0 aliphatic heterocycles. The number of rotatable bonds is 5. The molecule has 1 atom stereocenters. The number of hydrogen-bond acceptors (Lipinski definition) is 2. The van der Waals surface area contributed by atoms with Crippen LogP contribution in [0.4, 0.5) is 0 Å². The first-order valence-corrected chi connectivity index (χ1v) is 6.78. The average molecular weight is 243 g/mol. The van der Waals surface area contributed by atoms with Crippen LogP contribution in [-0.4, -0.2) is 10.1 Å². The Morgan fingerprint density at radius 2 is 1.89 bits per heavy atom. The van der Waals surface area contributed by atoms with E-state index in [2.05, 4.69) is 18.8 Å². The van der Waals surface area contributed by atoms with Gasteiger partial charge in [0.2, 0.25) is 0 Å². The second-order valence-corrected chi connectivity index (χ2v) is 4.85. The lowest BCUT2D eigenvalue weighted by Gasteiger charge is -2.18. The van der Waals surface area contributed by atoms with E-state index in [1.165, 1.54) is 0 Å². The molecule has 0 spiro atoms. The van der Waals surface area contributed by atoms with Crippen molar-refractivity contribution in [1.82, 2.24) is 4.98 Å². The minimum absolute atomic E-state index is 0.386. The third-order valence-electron chi connectivity index (χ3n) is 3.75. The molecule has 18 heavy (non-hydrogen) atoms. The van der Waals surface area contributed by atoms with Gasteiger partial charge in [-0.25, -0.2) is 0 Å². The third kappa shape index (κ3) is 2.70. The van der Waals surface area contributed by atoms with Crippen LogP contribution >= 0.6 is 0 Å². The Morgan fingerprint density at radius 1 is 1.11 bits per heavy atom. The van der Waals surface area contributed by atoms with Crippen molar-refractivity contribution in [2.24, 2.45) is 5.92 Å². The minimum atomic E-state index is -0.386. The molecule has 1 aromatic heterocycles. The molecule has 0 saturated carbocycles. The Bertz CT molecular complexity index is 500. The van der Waals surface area contributed by atoms with Crippen molar-refractivity contribution in [3.63, 3.8) is 0 Å². The van der Waals surface area contributed by atoms with E-state index in [0.717, 1.165) is 35.7 Å². The summed E-state index contributed by atoms with van der Waals surface area (Å²) in [7, 11) is 0. The van der Waals surface area contributed by atoms with Crippen LogP contribution in [0.1, 0.15) is 44.8 Å². The summed E-state index contributed by atoms with van der Waals surface area (Å²) in [5.74, 6) is 0.590. The summed E-state index contributed by atoms with van der Waals surface area (Å²) < 4.78 is 0. The number of hydrogen-bond donors (Lipinski definition) is 1. The normalized spacial score (nSPS) is 13.1. The van der Waals surface area contributed by atoms with Gasteiger partial charge in [0.15, 0.2) is 0 Å². The smallest absolute Gasteiger partial charge is 0.0799 e. The summed E-state index contributed by atoms with van der Waals surface area (Å²) >= 11 is 0. The van der Waals surface area contributed by atoms with Crippen LogP contribution in [0, 0.1) is 5.92 Å². The van der Waals surface area contributed by atoms with Crippen molar-refractivity contribution in [2.45, 2.75) is 39.2 Å². The summed E-state index contributed by atoms with van der Waals surface area (Å²) in [5.41, 5.74) is 1.96. The fourth-order valence-corrected chi connectivity index (χ4v) is 2.48. The Kier molecular flexibility index (Phi) is 4.32. The van der Waals surface area contributed by atoms with Crippen molar-refractivity contribution >= 4 is 10.9 Å². The van der Waals surface area contributed by atoms with Gasteiger partial charge in [0, 0.05) is 11.6 Å². The van der Waals surface area contributed by atoms with Crippen LogP contribution in [0.25, 0.3) is 10.9 Å². The molecule has 2 heteroatoms. The summed E-state index contributed by atoms with van der Waals surface area (Å²) in [5, 5.41) is 11.5. The van der Waals surface area contributed by atoms with Crippen molar-refractivity contribution in [3.8, 4) is 0 Å². The maximum absolute atomic E-state index is 10.4. The van der Waals surface area contributed by atoms with Gasteiger partial charge >= 0.3 is 0 Å². The summed E-state index contributed by atoms with van der Waals surface area (Å²) in [6.07, 6.45) is 4.48. The lowest BCUT2D eigenvalue weighted by Crippen LogP contribution is -2.06. The third-order valence-corrected chi connectivity index (χ3v) is 3.75. The summed E-state index contributed by atoms with van der Waals surface area (Å²) in [6.45, 7) is 4.37. The van der Waals surface area contributed by atoms with Crippen LogP contribution in [0.3, 0.4) is 0 Å². The number of aliphatic hydroxyl groups is 1. The van der Waals surface area contributed by atoms with Gasteiger partial charge in [-0.2, -0.15) is 0 Å². The lowest BCUT2D eigenvalue weighted by atomic mass is 9.91. The Labute approximate surface area is 109 Å². The van der Waals surface area contributed by atoms with Crippen molar-refractivity contribution < 1.29 is 5.11 Å². The number of aliphatic hydroxyl groups excluding tert-OH is 1. The van der Waals surface area contributed by atoms with Gasteiger partial charge in [-0.15, -0.1) is 0 Å². The molecule has 0 aliphatic carbocycles. The zero-order valence-corrected chi connectivity index (χ0v) is 11.1. The zero-order chi connectivity index (χ0) is 13.0. The average Bonchev–Trinajstić information content (AvgIpc) is 2.43. The molecule has 2 nitrogen and oxygen atoms in total. The highest BCUT2D eigenvalue weighted by Gasteiger charge is 2.15. The Hall–Kier alpha value is -1.41. The topological polar surface area (TPSA) is 33.1 Å². The monoisotopic (exact) mass is 243 g/mol. The molecule has 1 N–H and O–H groups in total. The second kappa shape index (κ2) is 5.96. The predicted molar refractivity (Wildman–Crippen MR) is 75.4 cm³/mol. The van der Waals surface area contributed by atoms with E-state index in [4.69, 9.17) is 0 Å². The van der Waals surface area contributed by atoms with E-state index in [9.17, 15) is 5.11 Å². The quantitative estimate of drug-likeness (QED) is 0.857. The molecule has 0 bridgehead atoms. The molecule has 96 valence electrons. The highest BCUT2D eigenvalue weighted by atomic mass is 16.3. The first-order valence-electron chi connectivity index (χ1n) is 6.78. The molecule has 0 radical (unpaired) electrons. The van der Waals surface area contributed by atoms with E-state index in [1.54, 1.807) is 6.20 Å². The molecule has 1 heterocycles. The largest absolute Gasteiger partial charge is 0.388 e. The lowest BCUT2D eigenvalue weighted by molar-refractivity contribution is 0.142. The maximum atomic E-state index is 10.4. The van der Waals surface area contributed by atoms with Crippen LogP contribution in [0.15, 0.2) is 36.5 Å². The number of pyridine rings is 1. The molecule has 2 aromatic rings. The Morgan fingerprint density at radius 3 is 2.61 bits per heavy atom. The molecule has 0 amide bonds. The first-order chi connectivity index (χ1) is 8.76. The van der Waals surface area contributed by atoms with E-state index < -0.39 is 0 Å². The van der Waals surface area contributed by atoms with Crippen molar-refractivity contribution in [2.75, 3.05) is 0 Å². The van der Waals surface area contributed by atoms with E-state index in [-0.39, 0.29) is 6.10 Å². The number of aromatic nitrogens is 1. The summed E-state index contributed by atoms with van der Waals surface area (Å²) in [4.78, 5) is 4.33. The summed E-state index contributed by atoms with van der Waals surface area (Å²) in [6, 6.07) is 9.93. The number of benzene rings is 1. The molecule has 0 saturated heterocycles. The maximum Gasteiger partial charge on any atom is 0.0799 e. The zero-order valence-electron chi connectivity index (χ0n) is 11.1. The fourth-order valence-electron chi connectivity index (χ4n) is 2.48. The second-order valence-electron chi connectivity index (χ2n) is 4.85. The van der Waals surface area contributed by atoms with E-state index >= 15 is 0 Å².